The van der Waals surface area contributed by atoms with Crippen molar-refractivity contribution in [2.24, 2.45) is 0 Å². The highest BCUT2D eigenvalue weighted by atomic mass is 32.2. The minimum atomic E-state index is -2.15. The third-order valence-corrected chi connectivity index (χ3v) is 4.15. The predicted molar refractivity (Wildman–Crippen MR) is 70.3 cm³/mol. The van der Waals surface area contributed by atoms with Crippen LogP contribution in [-0.4, -0.2) is 27.4 Å². The van der Waals surface area contributed by atoms with Crippen LogP contribution in [0.2, 0.25) is 0 Å². The van der Waals surface area contributed by atoms with Crippen molar-refractivity contribution in [3.63, 3.8) is 0 Å². The van der Waals surface area contributed by atoms with Gasteiger partial charge in [0.2, 0.25) is 0 Å². The molecule has 0 saturated carbocycles. The van der Waals surface area contributed by atoms with Crippen molar-refractivity contribution in [1.82, 2.24) is 10.0 Å². The molecule has 1 rings (SSSR count). The molecule has 0 aliphatic carbocycles. The van der Waals surface area contributed by atoms with Crippen LogP contribution in [0.15, 0.2) is 0 Å². The average Bonchev–Trinajstić information content (AvgIpc) is 2.22. The Morgan fingerprint density at radius 1 is 1.06 bits per heavy atom. The minimum absolute atomic E-state index is 0.244. The van der Waals surface area contributed by atoms with E-state index in [2.05, 4.69) is 10.0 Å². The van der Waals surface area contributed by atoms with Gasteiger partial charge in [0, 0.05) is 16.8 Å². The van der Waals surface area contributed by atoms with Crippen molar-refractivity contribution in [2.75, 3.05) is 13.1 Å². The summed E-state index contributed by atoms with van der Waals surface area (Å²) in [7, 11) is 0. The van der Waals surface area contributed by atoms with E-state index in [0.717, 1.165) is 45.2 Å². The molecule has 0 spiro atoms. The van der Waals surface area contributed by atoms with Crippen molar-refractivity contribution in [3.05, 3.63) is 0 Å². The third kappa shape index (κ3) is 7.13. The molecule has 0 amide bonds. The van der Waals surface area contributed by atoms with Crippen molar-refractivity contribution in [1.29, 1.82) is 0 Å². The van der Waals surface area contributed by atoms with Crippen LogP contribution in [0.4, 0.5) is 0 Å². The molecule has 1 aliphatic rings. The molecule has 0 aromatic carbocycles. The summed E-state index contributed by atoms with van der Waals surface area (Å²) in [5.41, 5.74) is -0.244. The lowest BCUT2D eigenvalue weighted by atomic mass is 9.89. The fraction of sp³-hybridized carbons (Fsp3) is 1.00. The summed E-state index contributed by atoms with van der Waals surface area (Å²) in [6, 6.07) is 0. The van der Waals surface area contributed by atoms with Gasteiger partial charge in [-0.1, -0.05) is 25.7 Å². The summed E-state index contributed by atoms with van der Waals surface area (Å²) in [6.45, 7) is 4.21. The summed E-state index contributed by atoms with van der Waals surface area (Å²) in [6.07, 6.45) is 8.87. The Morgan fingerprint density at radius 3 is 2.24 bits per heavy atom. The first-order valence-electron chi connectivity index (χ1n) is 6.70. The summed E-state index contributed by atoms with van der Waals surface area (Å²) in [5, 5.41) is 3.43. The summed E-state index contributed by atoms with van der Waals surface area (Å²) < 4.78 is 24.4. The molecule has 0 aromatic rings. The first kappa shape index (κ1) is 15.1. The van der Waals surface area contributed by atoms with Crippen LogP contribution in [0.3, 0.4) is 0 Å². The van der Waals surface area contributed by atoms with Gasteiger partial charge in [-0.25, -0.2) is 4.72 Å². The maximum Gasteiger partial charge on any atom is 0.0267 e. The summed E-state index contributed by atoms with van der Waals surface area (Å²) >= 11 is -2.15. The Morgan fingerprint density at radius 2 is 1.59 bits per heavy atom. The molecule has 17 heavy (non-hydrogen) atoms. The normalized spacial score (nSPS) is 31.2. The van der Waals surface area contributed by atoms with Gasteiger partial charge in [0.25, 0.3) is 0 Å². The van der Waals surface area contributed by atoms with Gasteiger partial charge in [0.05, 0.1) is 0 Å². The zero-order valence-corrected chi connectivity index (χ0v) is 11.6. The zero-order chi connectivity index (χ0) is 12.6. The number of rotatable bonds is 2. The zero-order valence-electron chi connectivity index (χ0n) is 10.8. The second kappa shape index (κ2) is 8.19. The standard InChI is InChI=1S/C12H26N2O2S/c1-12(14-17(15)16)8-4-2-3-6-10-13-11-7-5-9-12/h13-14H,2-11H2,1H3,(H,15,16)/p-1. The van der Waals surface area contributed by atoms with Crippen LogP contribution in [-0.2, 0) is 11.3 Å². The number of nitrogens with one attached hydrogen (secondary N) is 2. The monoisotopic (exact) mass is 261 g/mol. The van der Waals surface area contributed by atoms with Crippen LogP contribution in [0.5, 0.6) is 0 Å². The first-order chi connectivity index (χ1) is 8.12. The lowest BCUT2D eigenvalue weighted by molar-refractivity contribution is 0.325. The minimum Gasteiger partial charge on any atom is -0.760 e. The van der Waals surface area contributed by atoms with Crippen molar-refractivity contribution < 1.29 is 8.76 Å². The topological polar surface area (TPSA) is 64.2 Å². The first-order valence-corrected chi connectivity index (χ1v) is 7.78. The number of hydrogen-bond donors (Lipinski definition) is 2. The molecule has 0 radical (unpaired) electrons. The summed E-state index contributed by atoms with van der Waals surface area (Å²) in [4.78, 5) is 0. The smallest absolute Gasteiger partial charge is 0.0267 e. The molecule has 2 unspecified atom stereocenters. The van der Waals surface area contributed by atoms with Crippen LogP contribution in [0, 0.1) is 0 Å². The molecule has 0 aromatic heterocycles. The molecular weight excluding hydrogens is 236 g/mol. The Bertz CT molecular complexity index is 225. The largest absolute Gasteiger partial charge is 0.760 e. The Kier molecular flexibility index (Phi) is 7.27. The third-order valence-electron chi connectivity index (χ3n) is 3.49. The molecule has 102 valence electrons. The van der Waals surface area contributed by atoms with Gasteiger partial charge < -0.3 is 9.87 Å². The van der Waals surface area contributed by atoms with Crippen molar-refractivity contribution in [2.45, 2.75) is 63.8 Å². The van der Waals surface area contributed by atoms with Crippen molar-refractivity contribution in [3.8, 4) is 0 Å². The molecule has 2 atom stereocenters. The molecule has 1 saturated heterocycles. The van der Waals surface area contributed by atoms with Crippen LogP contribution < -0.4 is 10.0 Å². The van der Waals surface area contributed by atoms with E-state index in [1.165, 1.54) is 19.3 Å². The molecule has 1 aliphatic heterocycles. The van der Waals surface area contributed by atoms with E-state index < -0.39 is 11.3 Å². The van der Waals surface area contributed by atoms with E-state index in [4.69, 9.17) is 0 Å². The van der Waals surface area contributed by atoms with E-state index in [1.54, 1.807) is 0 Å². The molecule has 2 N–H and O–H groups in total. The molecule has 5 heteroatoms. The molecule has 0 bridgehead atoms. The second-order valence-corrected chi connectivity index (χ2v) is 5.94. The van der Waals surface area contributed by atoms with E-state index in [0.29, 0.717) is 0 Å². The maximum absolute atomic E-state index is 10.8. The van der Waals surface area contributed by atoms with Gasteiger partial charge in [-0.05, 0) is 45.7 Å². The molecule has 4 nitrogen and oxygen atoms in total. The van der Waals surface area contributed by atoms with Crippen molar-refractivity contribution >= 4 is 11.3 Å². The van der Waals surface area contributed by atoms with Gasteiger partial charge in [-0.3, -0.25) is 4.21 Å². The average molecular weight is 261 g/mol. The lowest BCUT2D eigenvalue weighted by Gasteiger charge is -2.32. The SMILES string of the molecule is CC1(NS(=O)[O-])CCCCCCNCCCC1. The number of hydrogen-bond acceptors (Lipinski definition) is 3. The van der Waals surface area contributed by atoms with Crippen LogP contribution in [0.1, 0.15) is 58.3 Å². The van der Waals surface area contributed by atoms with E-state index >= 15 is 0 Å². The highest BCUT2D eigenvalue weighted by molar-refractivity contribution is 7.77. The Hall–Kier alpha value is 0.0300. The van der Waals surface area contributed by atoms with Gasteiger partial charge in [0.15, 0.2) is 0 Å². The maximum atomic E-state index is 10.8. The lowest BCUT2D eigenvalue weighted by Crippen LogP contribution is -2.43. The van der Waals surface area contributed by atoms with Gasteiger partial charge >= 0.3 is 0 Å². The predicted octanol–water partition coefficient (Wildman–Crippen LogP) is 1.85. The van der Waals surface area contributed by atoms with Crippen LogP contribution in [0.25, 0.3) is 0 Å². The van der Waals surface area contributed by atoms with Crippen LogP contribution >= 0.6 is 0 Å². The fourth-order valence-corrected chi connectivity index (χ4v) is 3.04. The highest BCUT2D eigenvalue weighted by Gasteiger charge is 2.23. The fourth-order valence-electron chi connectivity index (χ4n) is 2.44. The second-order valence-electron chi connectivity index (χ2n) is 5.27. The van der Waals surface area contributed by atoms with Gasteiger partial charge in [-0.2, -0.15) is 0 Å². The molecule has 1 fully saturated rings. The van der Waals surface area contributed by atoms with Gasteiger partial charge in [-0.15, -0.1) is 0 Å². The van der Waals surface area contributed by atoms with E-state index in [1.807, 2.05) is 6.92 Å². The van der Waals surface area contributed by atoms with Gasteiger partial charge in [0.1, 0.15) is 0 Å². The Balaban J connectivity index is 2.44. The highest BCUT2D eigenvalue weighted by Crippen LogP contribution is 2.22. The molecule has 1 heterocycles. The quantitative estimate of drug-likeness (QED) is 0.746. The molecular formula is C12H25N2O2S-. The van der Waals surface area contributed by atoms with E-state index in [-0.39, 0.29) is 5.54 Å². The van der Waals surface area contributed by atoms with E-state index in [9.17, 15) is 8.76 Å². The Labute approximate surface area is 107 Å². The summed E-state index contributed by atoms with van der Waals surface area (Å²) in [5.74, 6) is 0.